The average molecular weight is 1210 g/mol. The zero-order valence-corrected chi connectivity index (χ0v) is 52.0. The molecule has 0 heterocycles. The lowest BCUT2D eigenvalue weighted by Crippen LogP contribution is -1.93. The molecule has 0 unspecified atom stereocenters. The van der Waals surface area contributed by atoms with E-state index in [1.165, 1.54) is 238 Å². The van der Waals surface area contributed by atoms with E-state index in [0.717, 1.165) is 0 Å². The fraction of sp³-hybridized carbons (Fsp3) is 0. The highest BCUT2D eigenvalue weighted by Gasteiger charge is 2.24. The van der Waals surface area contributed by atoms with Gasteiger partial charge in [-0.3, -0.25) is 0 Å². The molecule has 0 aliphatic heterocycles. The summed E-state index contributed by atoms with van der Waals surface area (Å²) in [4.78, 5) is 0. The Morgan fingerprint density at radius 3 is 0.698 bits per heavy atom. The van der Waals surface area contributed by atoms with Gasteiger partial charge in [0.1, 0.15) is 0 Å². The molecule has 0 spiro atoms. The zero-order valence-electron chi connectivity index (χ0n) is 52.0. The van der Waals surface area contributed by atoms with E-state index < -0.39 is 0 Å². The molecule has 96 heavy (non-hydrogen) atoms. The molecule has 436 valence electrons. The maximum atomic E-state index is 2.50. The van der Waals surface area contributed by atoms with Crippen molar-refractivity contribution in [2.75, 3.05) is 0 Å². The topological polar surface area (TPSA) is 0 Å². The van der Waals surface area contributed by atoms with Crippen molar-refractivity contribution >= 4 is 194 Å². The number of rotatable bonds is 4. The second kappa shape index (κ2) is 18.6. The summed E-state index contributed by atoms with van der Waals surface area (Å²) in [6, 6.07) is 119. The fourth-order valence-corrected chi connectivity index (χ4v) is 18.4. The van der Waals surface area contributed by atoms with Crippen LogP contribution in [0.3, 0.4) is 0 Å². The van der Waals surface area contributed by atoms with Gasteiger partial charge >= 0.3 is 0 Å². The van der Waals surface area contributed by atoms with E-state index in [2.05, 4.69) is 315 Å². The first-order valence-corrected chi connectivity index (χ1v) is 33.7. The van der Waals surface area contributed by atoms with Crippen LogP contribution >= 0.6 is 0 Å². The molecule has 0 amide bonds. The molecule has 24 rings (SSSR count). The first kappa shape index (κ1) is 51.1. The van der Waals surface area contributed by atoms with Crippen LogP contribution in [0.5, 0.6) is 0 Å². The second-order valence-electron chi connectivity index (χ2n) is 27.2. The van der Waals surface area contributed by atoms with Crippen molar-refractivity contribution in [3.63, 3.8) is 0 Å². The summed E-state index contributed by atoms with van der Waals surface area (Å²) in [6.45, 7) is 0. The quantitative estimate of drug-likeness (QED) is 0.154. The molecule has 0 atom stereocenters. The first-order valence-electron chi connectivity index (χ1n) is 33.7. The van der Waals surface area contributed by atoms with E-state index in [1.807, 2.05) is 0 Å². The monoisotopic (exact) mass is 1200 g/mol. The Hall–Kier alpha value is -12.5. The van der Waals surface area contributed by atoms with E-state index >= 15 is 0 Å². The van der Waals surface area contributed by atoms with Crippen LogP contribution in [0.15, 0.2) is 315 Å². The van der Waals surface area contributed by atoms with Crippen molar-refractivity contribution in [3.05, 3.63) is 315 Å². The van der Waals surface area contributed by atoms with Gasteiger partial charge in [0, 0.05) is 0 Å². The van der Waals surface area contributed by atoms with Crippen LogP contribution in [-0.2, 0) is 0 Å². The molecule has 0 heteroatoms. The Morgan fingerprint density at radius 1 is 0.104 bits per heavy atom. The molecular formula is C96H52. The minimum absolute atomic E-state index is 1.27. The summed E-state index contributed by atoms with van der Waals surface area (Å²) in [5.74, 6) is 0. The lowest BCUT2D eigenvalue weighted by Gasteiger charge is -2.20. The molecule has 24 aromatic carbocycles. The summed E-state index contributed by atoms with van der Waals surface area (Å²) in [5.41, 5.74) is 10.3. The molecule has 0 saturated carbocycles. The van der Waals surface area contributed by atoms with Crippen molar-refractivity contribution in [2.24, 2.45) is 0 Å². The Bertz CT molecular complexity index is 7300. The number of hydrogen-bond acceptors (Lipinski definition) is 0. The molecule has 0 bridgehead atoms. The molecule has 0 fully saturated rings. The Labute approximate surface area is 550 Å². The SMILES string of the molecule is c1cc2ccc3cc(-c4cc5cccc6c(-c7ccc8ccc9cccc%10ccc7c8c9%10)cc7cccc4c7c56)cc4ccc(c1)c2c34.c1cc2ccc3ccc(-c4cc5c(-c6ccc7ccc8cccc9ccc6c7c89)ccc6ccc7cccc4c7c65)c4ccc(c1)c2c34. The van der Waals surface area contributed by atoms with Crippen molar-refractivity contribution in [1.82, 2.24) is 0 Å². The van der Waals surface area contributed by atoms with Crippen LogP contribution in [0, 0.1) is 0 Å². The minimum atomic E-state index is 1.27. The average Bonchev–Trinajstić information content (AvgIpc) is 0.717. The van der Waals surface area contributed by atoms with E-state index in [1.54, 1.807) is 0 Å². The summed E-state index contributed by atoms with van der Waals surface area (Å²) in [7, 11) is 0. The van der Waals surface area contributed by atoms with E-state index in [0.29, 0.717) is 0 Å². The van der Waals surface area contributed by atoms with Crippen molar-refractivity contribution in [2.45, 2.75) is 0 Å². The van der Waals surface area contributed by atoms with Gasteiger partial charge < -0.3 is 0 Å². The van der Waals surface area contributed by atoms with Crippen LogP contribution in [0.1, 0.15) is 0 Å². The molecule has 0 aliphatic carbocycles. The zero-order chi connectivity index (χ0) is 62.2. The van der Waals surface area contributed by atoms with Crippen LogP contribution in [0.2, 0.25) is 0 Å². The van der Waals surface area contributed by atoms with Gasteiger partial charge in [0.15, 0.2) is 0 Å². The van der Waals surface area contributed by atoms with Gasteiger partial charge in [-0.25, -0.2) is 0 Å². The largest absolute Gasteiger partial charge is 0.0610 e. The molecular weight excluding hydrogens is 1150 g/mol. The summed E-state index contributed by atoms with van der Waals surface area (Å²) < 4.78 is 0. The van der Waals surface area contributed by atoms with Gasteiger partial charge in [-0.05, 0) is 269 Å². The maximum Gasteiger partial charge on any atom is -0.00201 e. The summed E-state index contributed by atoms with van der Waals surface area (Å²) >= 11 is 0. The Morgan fingerprint density at radius 2 is 0.302 bits per heavy atom. The predicted molar refractivity (Wildman–Crippen MR) is 417 cm³/mol. The summed E-state index contributed by atoms with van der Waals surface area (Å²) in [6.07, 6.45) is 0. The number of hydrogen-bond donors (Lipinski definition) is 0. The van der Waals surface area contributed by atoms with E-state index in [9.17, 15) is 0 Å². The third-order valence-electron chi connectivity index (χ3n) is 22.5. The van der Waals surface area contributed by atoms with Gasteiger partial charge in [0.25, 0.3) is 0 Å². The van der Waals surface area contributed by atoms with Gasteiger partial charge in [-0.15, -0.1) is 0 Å². The molecule has 0 nitrogen and oxygen atoms in total. The van der Waals surface area contributed by atoms with Crippen LogP contribution in [0.25, 0.3) is 238 Å². The van der Waals surface area contributed by atoms with Crippen molar-refractivity contribution < 1.29 is 0 Å². The molecule has 0 aliphatic rings. The highest BCUT2D eigenvalue weighted by atomic mass is 14.3. The lowest BCUT2D eigenvalue weighted by molar-refractivity contribution is 1.70. The summed E-state index contributed by atoms with van der Waals surface area (Å²) in [5, 5.41) is 47.6. The fourth-order valence-electron chi connectivity index (χ4n) is 18.4. The van der Waals surface area contributed by atoms with Crippen LogP contribution in [0.4, 0.5) is 0 Å². The Kier molecular flexibility index (Phi) is 9.92. The first-order chi connectivity index (χ1) is 47.6. The van der Waals surface area contributed by atoms with E-state index in [-0.39, 0.29) is 0 Å². The Balaban J connectivity index is 0.000000121. The highest BCUT2D eigenvalue weighted by Crippen LogP contribution is 2.51. The van der Waals surface area contributed by atoms with Crippen molar-refractivity contribution in [3.8, 4) is 44.5 Å². The van der Waals surface area contributed by atoms with Gasteiger partial charge in [-0.1, -0.05) is 285 Å². The molecule has 24 aromatic rings. The highest BCUT2D eigenvalue weighted by molar-refractivity contribution is 6.36. The van der Waals surface area contributed by atoms with E-state index in [4.69, 9.17) is 0 Å². The number of benzene rings is 24. The van der Waals surface area contributed by atoms with Gasteiger partial charge in [0.05, 0.1) is 0 Å². The normalized spacial score (nSPS) is 12.6. The predicted octanol–water partition coefficient (Wildman–Crippen LogP) is 27.4. The minimum Gasteiger partial charge on any atom is -0.0610 e. The van der Waals surface area contributed by atoms with Crippen molar-refractivity contribution in [1.29, 1.82) is 0 Å². The third-order valence-corrected chi connectivity index (χ3v) is 22.5. The molecule has 0 saturated heterocycles. The second-order valence-corrected chi connectivity index (χ2v) is 27.2. The van der Waals surface area contributed by atoms with Gasteiger partial charge in [-0.2, -0.15) is 0 Å². The lowest BCUT2D eigenvalue weighted by atomic mass is 9.83. The molecule has 0 aromatic heterocycles. The molecule has 0 N–H and O–H groups in total. The van der Waals surface area contributed by atoms with Crippen LogP contribution in [-0.4, -0.2) is 0 Å². The smallest absolute Gasteiger partial charge is 0.00201 e. The van der Waals surface area contributed by atoms with Gasteiger partial charge in [0.2, 0.25) is 0 Å². The third kappa shape index (κ3) is 6.81. The van der Waals surface area contributed by atoms with Crippen LogP contribution < -0.4 is 0 Å². The molecule has 0 radical (unpaired) electrons. The standard InChI is InChI=1S/2C48H26/c1-5-27-15-17-34-23-36(24-35-18-16-28(6-1)43(27)45(34)35)41-25-32-9-4-12-39-42(26-33-10-3-11-38(41)47(33)48(32)39)37-21-19-31-14-13-29-7-2-8-30-20-22-40(37)46(31)44(29)30;1-4-27-10-13-32-16-21-35(39-24-19-29(6-1)43(27)45(32)39)36-22-17-34-15-12-31-8-3-9-38-41(26-42(36)48(34)47(31)38)37-23-18-33-14-11-28-5-2-7-30-20-25-40(37)46(33)44(28)30/h2*1-26H. The maximum absolute atomic E-state index is 2.50.